The van der Waals surface area contributed by atoms with Gasteiger partial charge in [0.25, 0.3) is 0 Å². The number of benzene rings is 1. The van der Waals surface area contributed by atoms with Crippen molar-refractivity contribution in [1.29, 1.82) is 0 Å². The van der Waals surface area contributed by atoms with Crippen LogP contribution in [0.1, 0.15) is 24.5 Å². The molecule has 2 unspecified atom stereocenters. The summed E-state index contributed by atoms with van der Waals surface area (Å²) in [6, 6.07) is 8.30. The van der Waals surface area contributed by atoms with Crippen molar-refractivity contribution in [2.75, 3.05) is 13.6 Å². The van der Waals surface area contributed by atoms with E-state index in [4.69, 9.17) is 0 Å². The first kappa shape index (κ1) is 14.5. The average Bonchev–Trinajstić information content (AvgIpc) is 2.38. The number of fused-ring (bicyclic) bond motifs is 1. The minimum atomic E-state index is -3.24. The zero-order chi connectivity index (χ0) is 13.9. The fraction of sp³-hybridized carbons (Fsp3) is 0.571. The summed E-state index contributed by atoms with van der Waals surface area (Å²) in [7, 11) is -1.47. The molecule has 106 valence electrons. The van der Waals surface area contributed by atoms with Gasteiger partial charge in [0.1, 0.15) is 0 Å². The SMILES string of the molecule is CNCC(C)S(=O)(=O)NC1CCc2ccccc2C1. The molecule has 0 amide bonds. The van der Waals surface area contributed by atoms with Crippen LogP contribution in [0.5, 0.6) is 0 Å². The molecule has 0 bridgehead atoms. The van der Waals surface area contributed by atoms with E-state index in [-0.39, 0.29) is 6.04 Å². The maximum absolute atomic E-state index is 12.1. The maximum Gasteiger partial charge on any atom is 0.215 e. The van der Waals surface area contributed by atoms with Crippen LogP contribution in [0.15, 0.2) is 24.3 Å². The van der Waals surface area contributed by atoms with Gasteiger partial charge in [-0.25, -0.2) is 13.1 Å². The van der Waals surface area contributed by atoms with Crippen molar-refractivity contribution < 1.29 is 8.42 Å². The Hall–Kier alpha value is -0.910. The summed E-state index contributed by atoms with van der Waals surface area (Å²) in [4.78, 5) is 0. The summed E-state index contributed by atoms with van der Waals surface area (Å²) in [6.07, 6.45) is 2.62. The van der Waals surface area contributed by atoms with Crippen molar-refractivity contribution in [3.63, 3.8) is 0 Å². The van der Waals surface area contributed by atoms with Gasteiger partial charge in [-0.15, -0.1) is 0 Å². The Balaban J connectivity index is 2.02. The number of hydrogen-bond acceptors (Lipinski definition) is 3. The summed E-state index contributed by atoms with van der Waals surface area (Å²) in [5, 5.41) is 2.50. The average molecular weight is 282 g/mol. The Bertz CT molecular complexity index is 528. The molecule has 0 spiro atoms. The molecule has 0 radical (unpaired) electrons. The van der Waals surface area contributed by atoms with Crippen LogP contribution in [0.25, 0.3) is 0 Å². The molecule has 0 saturated carbocycles. The zero-order valence-electron chi connectivity index (χ0n) is 11.5. The highest BCUT2D eigenvalue weighted by Crippen LogP contribution is 2.21. The van der Waals surface area contributed by atoms with E-state index in [2.05, 4.69) is 22.2 Å². The van der Waals surface area contributed by atoms with Crippen molar-refractivity contribution in [2.24, 2.45) is 0 Å². The lowest BCUT2D eigenvalue weighted by Crippen LogP contribution is -2.45. The van der Waals surface area contributed by atoms with Crippen LogP contribution < -0.4 is 10.0 Å². The lowest BCUT2D eigenvalue weighted by Gasteiger charge is -2.26. The van der Waals surface area contributed by atoms with Crippen LogP contribution in [0.3, 0.4) is 0 Å². The van der Waals surface area contributed by atoms with Crippen LogP contribution in [0.4, 0.5) is 0 Å². The Morgan fingerprint density at radius 2 is 2.00 bits per heavy atom. The summed E-state index contributed by atoms with van der Waals surface area (Å²) >= 11 is 0. The number of nitrogens with one attached hydrogen (secondary N) is 2. The smallest absolute Gasteiger partial charge is 0.215 e. The van der Waals surface area contributed by atoms with Crippen LogP contribution in [-0.2, 0) is 22.9 Å². The van der Waals surface area contributed by atoms with E-state index >= 15 is 0 Å². The summed E-state index contributed by atoms with van der Waals surface area (Å²) < 4.78 is 27.2. The normalized spacial score (nSPS) is 20.8. The molecular formula is C14H22N2O2S. The molecule has 5 heteroatoms. The van der Waals surface area contributed by atoms with Gasteiger partial charge in [0.15, 0.2) is 0 Å². The fourth-order valence-electron chi connectivity index (χ4n) is 2.54. The standard InChI is InChI=1S/C14H22N2O2S/c1-11(10-15-2)19(17,18)16-14-8-7-12-5-3-4-6-13(12)9-14/h3-6,11,14-16H,7-10H2,1-2H3. The monoisotopic (exact) mass is 282 g/mol. The van der Waals surface area contributed by atoms with Gasteiger partial charge in [-0.1, -0.05) is 24.3 Å². The molecule has 1 aromatic carbocycles. The summed E-state index contributed by atoms with van der Waals surface area (Å²) in [5.74, 6) is 0. The van der Waals surface area contributed by atoms with Crippen molar-refractivity contribution >= 4 is 10.0 Å². The Morgan fingerprint density at radius 1 is 1.32 bits per heavy atom. The number of rotatable bonds is 5. The third kappa shape index (κ3) is 3.55. The fourth-order valence-corrected chi connectivity index (χ4v) is 3.83. The third-order valence-electron chi connectivity index (χ3n) is 3.70. The molecule has 1 aliphatic carbocycles. The zero-order valence-corrected chi connectivity index (χ0v) is 12.3. The molecule has 1 aromatic rings. The van der Waals surface area contributed by atoms with Crippen LogP contribution >= 0.6 is 0 Å². The van der Waals surface area contributed by atoms with Gasteiger partial charge in [0.05, 0.1) is 5.25 Å². The molecule has 2 N–H and O–H groups in total. The molecule has 0 aromatic heterocycles. The molecule has 0 fully saturated rings. The van der Waals surface area contributed by atoms with Gasteiger partial charge < -0.3 is 5.32 Å². The highest BCUT2D eigenvalue weighted by atomic mass is 32.2. The quantitative estimate of drug-likeness (QED) is 0.849. The Labute approximate surface area is 115 Å². The van der Waals surface area contributed by atoms with E-state index in [1.54, 1.807) is 14.0 Å². The predicted octanol–water partition coefficient (Wildman–Crippen LogP) is 1.07. The molecule has 1 aliphatic rings. The molecule has 2 atom stereocenters. The van der Waals surface area contributed by atoms with Gasteiger partial charge in [-0.05, 0) is 44.4 Å². The molecule has 19 heavy (non-hydrogen) atoms. The van der Waals surface area contributed by atoms with E-state index in [0.29, 0.717) is 6.54 Å². The minimum Gasteiger partial charge on any atom is -0.318 e. The van der Waals surface area contributed by atoms with E-state index < -0.39 is 15.3 Å². The molecule has 0 aliphatic heterocycles. The van der Waals surface area contributed by atoms with Crippen LogP contribution in [0.2, 0.25) is 0 Å². The first-order valence-electron chi connectivity index (χ1n) is 6.75. The van der Waals surface area contributed by atoms with Crippen molar-refractivity contribution in [3.05, 3.63) is 35.4 Å². The predicted molar refractivity (Wildman–Crippen MR) is 77.7 cm³/mol. The molecule has 2 rings (SSSR count). The maximum atomic E-state index is 12.1. The largest absolute Gasteiger partial charge is 0.318 e. The number of aryl methyl sites for hydroxylation is 1. The van der Waals surface area contributed by atoms with Gasteiger partial charge in [-0.3, -0.25) is 0 Å². The second-order valence-electron chi connectivity index (χ2n) is 5.24. The van der Waals surface area contributed by atoms with Gasteiger partial charge in [0.2, 0.25) is 10.0 Å². The first-order valence-corrected chi connectivity index (χ1v) is 8.30. The summed E-state index contributed by atoms with van der Waals surface area (Å²) in [6.45, 7) is 2.20. The number of sulfonamides is 1. The third-order valence-corrected chi connectivity index (χ3v) is 5.59. The Morgan fingerprint density at radius 3 is 2.68 bits per heavy atom. The van der Waals surface area contributed by atoms with E-state index in [9.17, 15) is 8.42 Å². The highest BCUT2D eigenvalue weighted by molar-refractivity contribution is 7.90. The van der Waals surface area contributed by atoms with Crippen LogP contribution in [-0.4, -0.2) is 33.3 Å². The Kier molecular flexibility index (Phi) is 4.60. The van der Waals surface area contributed by atoms with E-state index in [1.807, 2.05) is 12.1 Å². The molecule has 0 heterocycles. The summed E-state index contributed by atoms with van der Waals surface area (Å²) in [5.41, 5.74) is 2.61. The number of hydrogen-bond donors (Lipinski definition) is 2. The van der Waals surface area contributed by atoms with Crippen LogP contribution in [0, 0.1) is 0 Å². The van der Waals surface area contributed by atoms with E-state index in [1.165, 1.54) is 11.1 Å². The van der Waals surface area contributed by atoms with Crippen molar-refractivity contribution in [2.45, 2.75) is 37.5 Å². The lowest BCUT2D eigenvalue weighted by molar-refractivity contribution is 0.499. The molecule has 0 saturated heterocycles. The second-order valence-corrected chi connectivity index (χ2v) is 7.37. The lowest BCUT2D eigenvalue weighted by atomic mass is 9.89. The highest BCUT2D eigenvalue weighted by Gasteiger charge is 2.26. The van der Waals surface area contributed by atoms with Gasteiger partial charge in [0, 0.05) is 12.6 Å². The first-order chi connectivity index (χ1) is 9.03. The van der Waals surface area contributed by atoms with Gasteiger partial charge in [-0.2, -0.15) is 0 Å². The second kappa shape index (κ2) is 6.03. The van der Waals surface area contributed by atoms with Crippen molar-refractivity contribution in [1.82, 2.24) is 10.0 Å². The van der Waals surface area contributed by atoms with Gasteiger partial charge >= 0.3 is 0 Å². The molecular weight excluding hydrogens is 260 g/mol. The topological polar surface area (TPSA) is 58.2 Å². The molecule has 4 nitrogen and oxygen atoms in total. The van der Waals surface area contributed by atoms with Crippen molar-refractivity contribution in [3.8, 4) is 0 Å². The minimum absolute atomic E-state index is 0.0270. The van der Waals surface area contributed by atoms with E-state index in [0.717, 1.165) is 19.3 Å².